The Labute approximate surface area is 106 Å². The van der Waals surface area contributed by atoms with E-state index in [0.29, 0.717) is 6.54 Å². The number of aryl methyl sites for hydroxylation is 3. The van der Waals surface area contributed by atoms with Crippen molar-refractivity contribution in [1.82, 2.24) is 9.78 Å². The van der Waals surface area contributed by atoms with E-state index in [2.05, 4.69) is 11.2 Å². The molecule has 0 aliphatic carbocycles. The highest BCUT2D eigenvalue weighted by Gasteiger charge is 2.15. The highest BCUT2D eigenvalue weighted by molar-refractivity contribution is 5.87. The van der Waals surface area contributed by atoms with E-state index < -0.39 is 5.97 Å². The second-order valence-corrected chi connectivity index (χ2v) is 4.35. The highest BCUT2D eigenvalue weighted by Crippen LogP contribution is 2.25. The van der Waals surface area contributed by atoms with Crippen molar-refractivity contribution >= 4 is 5.97 Å². The summed E-state index contributed by atoms with van der Waals surface area (Å²) in [5.41, 5.74) is 4.25. The van der Waals surface area contributed by atoms with Crippen LogP contribution in [0.4, 0.5) is 0 Å². The molecule has 1 aromatic heterocycles. The van der Waals surface area contributed by atoms with Crippen molar-refractivity contribution in [3.8, 4) is 11.3 Å². The lowest BCUT2D eigenvalue weighted by molar-refractivity contribution is 0.0689. The normalized spacial score (nSPS) is 10.6. The maximum atomic E-state index is 11.0. The van der Waals surface area contributed by atoms with Gasteiger partial charge in [0.05, 0.1) is 5.69 Å². The third kappa shape index (κ3) is 2.14. The molecule has 0 amide bonds. The molecule has 0 bridgehead atoms. The fourth-order valence-corrected chi connectivity index (χ4v) is 1.99. The van der Waals surface area contributed by atoms with Gasteiger partial charge < -0.3 is 5.11 Å². The summed E-state index contributed by atoms with van der Waals surface area (Å²) in [5, 5.41) is 13.1. The first-order valence-electron chi connectivity index (χ1n) is 5.91. The molecule has 2 aromatic rings. The quantitative estimate of drug-likeness (QED) is 0.903. The van der Waals surface area contributed by atoms with Crippen LogP contribution in [0, 0.1) is 13.8 Å². The molecular weight excluding hydrogens is 228 g/mol. The number of rotatable bonds is 3. The Morgan fingerprint density at radius 2 is 2.06 bits per heavy atom. The predicted octanol–water partition coefficient (Wildman–Crippen LogP) is 2.89. The van der Waals surface area contributed by atoms with E-state index in [0.717, 1.165) is 22.4 Å². The lowest BCUT2D eigenvalue weighted by atomic mass is 10.0. The molecule has 0 aliphatic heterocycles. The number of carbonyl (C=O) groups is 1. The SMILES string of the molecule is CCn1nc(C(=O)O)cc1-c1cc(C)ccc1C. The number of nitrogens with zero attached hydrogens (tertiary/aromatic N) is 2. The Morgan fingerprint density at radius 1 is 1.33 bits per heavy atom. The van der Waals surface area contributed by atoms with Gasteiger partial charge in [-0.05, 0) is 38.5 Å². The van der Waals surface area contributed by atoms with Crippen LogP contribution in [0.15, 0.2) is 24.3 Å². The predicted molar refractivity (Wildman–Crippen MR) is 69.8 cm³/mol. The zero-order chi connectivity index (χ0) is 13.3. The van der Waals surface area contributed by atoms with Crippen molar-refractivity contribution in [3.63, 3.8) is 0 Å². The Balaban J connectivity index is 2.62. The van der Waals surface area contributed by atoms with Gasteiger partial charge in [-0.3, -0.25) is 4.68 Å². The maximum Gasteiger partial charge on any atom is 0.356 e. The van der Waals surface area contributed by atoms with Crippen LogP contribution in [0.2, 0.25) is 0 Å². The fourth-order valence-electron chi connectivity index (χ4n) is 1.99. The largest absolute Gasteiger partial charge is 0.476 e. The van der Waals surface area contributed by atoms with E-state index >= 15 is 0 Å². The van der Waals surface area contributed by atoms with E-state index in [1.807, 2.05) is 32.9 Å². The van der Waals surface area contributed by atoms with Crippen LogP contribution in [0.5, 0.6) is 0 Å². The minimum Gasteiger partial charge on any atom is -0.476 e. The summed E-state index contributed by atoms with van der Waals surface area (Å²) in [5.74, 6) is -0.992. The second kappa shape index (κ2) is 4.64. The van der Waals surface area contributed by atoms with Crippen molar-refractivity contribution in [2.45, 2.75) is 27.3 Å². The third-order valence-corrected chi connectivity index (χ3v) is 2.97. The van der Waals surface area contributed by atoms with Gasteiger partial charge in [-0.1, -0.05) is 17.7 Å². The Kier molecular flexibility index (Phi) is 3.19. The number of carboxylic acid groups (broad SMARTS) is 1. The van der Waals surface area contributed by atoms with Crippen LogP contribution in [0.1, 0.15) is 28.5 Å². The number of carboxylic acids is 1. The smallest absolute Gasteiger partial charge is 0.356 e. The summed E-state index contributed by atoms with van der Waals surface area (Å²) in [6.07, 6.45) is 0. The molecule has 0 spiro atoms. The van der Waals surface area contributed by atoms with E-state index in [9.17, 15) is 4.79 Å². The Morgan fingerprint density at radius 3 is 2.67 bits per heavy atom. The highest BCUT2D eigenvalue weighted by atomic mass is 16.4. The molecule has 4 nitrogen and oxygen atoms in total. The molecule has 94 valence electrons. The molecule has 4 heteroatoms. The van der Waals surface area contributed by atoms with Crippen molar-refractivity contribution in [1.29, 1.82) is 0 Å². The molecule has 18 heavy (non-hydrogen) atoms. The molecule has 0 unspecified atom stereocenters. The summed E-state index contributed by atoms with van der Waals surface area (Å²) >= 11 is 0. The average molecular weight is 244 g/mol. The topological polar surface area (TPSA) is 55.1 Å². The van der Waals surface area contributed by atoms with Crippen LogP contribution in [0.3, 0.4) is 0 Å². The summed E-state index contributed by atoms with van der Waals surface area (Å²) < 4.78 is 1.73. The van der Waals surface area contributed by atoms with Crippen LogP contribution < -0.4 is 0 Å². The summed E-state index contributed by atoms with van der Waals surface area (Å²) in [6.45, 7) is 6.64. The first kappa shape index (κ1) is 12.4. The molecule has 1 heterocycles. The van der Waals surface area contributed by atoms with Gasteiger partial charge in [0.2, 0.25) is 0 Å². The molecule has 0 radical (unpaired) electrons. The number of hydrogen-bond donors (Lipinski definition) is 1. The number of aromatic nitrogens is 2. The van der Waals surface area contributed by atoms with Crippen LogP contribution in [-0.4, -0.2) is 20.9 Å². The molecule has 0 aliphatic rings. The third-order valence-electron chi connectivity index (χ3n) is 2.97. The van der Waals surface area contributed by atoms with Crippen LogP contribution in [0.25, 0.3) is 11.3 Å². The average Bonchev–Trinajstić information content (AvgIpc) is 2.76. The van der Waals surface area contributed by atoms with Crippen molar-refractivity contribution < 1.29 is 9.90 Å². The maximum absolute atomic E-state index is 11.0. The molecule has 1 N–H and O–H groups in total. The van der Waals surface area contributed by atoms with Crippen LogP contribution in [-0.2, 0) is 6.54 Å². The van der Waals surface area contributed by atoms with E-state index in [-0.39, 0.29) is 5.69 Å². The van der Waals surface area contributed by atoms with Crippen molar-refractivity contribution in [2.24, 2.45) is 0 Å². The van der Waals surface area contributed by atoms with Gasteiger partial charge in [0.25, 0.3) is 0 Å². The van der Waals surface area contributed by atoms with Gasteiger partial charge in [-0.15, -0.1) is 0 Å². The molecular formula is C14H16N2O2. The van der Waals surface area contributed by atoms with Crippen molar-refractivity contribution in [2.75, 3.05) is 0 Å². The summed E-state index contributed by atoms with van der Waals surface area (Å²) in [6, 6.07) is 7.78. The lowest BCUT2D eigenvalue weighted by Crippen LogP contribution is -2.02. The minimum atomic E-state index is -0.992. The standard InChI is InChI=1S/C14H16N2O2/c1-4-16-13(8-12(15-16)14(17)18)11-7-9(2)5-6-10(11)3/h5-8H,4H2,1-3H3,(H,17,18). The summed E-state index contributed by atoms with van der Waals surface area (Å²) in [4.78, 5) is 11.0. The minimum absolute atomic E-state index is 0.0905. The number of aromatic carboxylic acids is 1. The molecule has 2 rings (SSSR count). The molecule has 0 atom stereocenters. The van der Waals surface area contributed by atoms with E-state index in [1.165, 1.54) is 0 Å². The first-order valence-corrected chi connectivity index (χ1v) is 5.91. The monoisotopic (exact) mass is 244 g/mol. The van der Waals surface area contributed by atoms with Gasteiger partial charge in [0.1, 0.15) is 0 Å². The van der Waals surface area contributed by atoms with Crippen molar-refractivity contribution in [3.05, 3.63) is 41.1 Å². The molecule has 0 saturated carbocycles. The molecule has 0 fully saturated rings. The Hall–Kier alpha value is -2.10. The zero-order valence-corrected chi connectivity index (χ0v) is 10.8. The van der Waals surface area contributed by atoms with Gasteiger partial charge >= 0.3 is 5.97 Å². The fraction of sp³-hybridized carbons (Fsp3) is 0.286. The van der Waals surface area contributed by atoms with Gasteiger partial charge in [-0.2, -0.15) is 5.10 Å². The molecule has 0 saturated heterocycles. The van der Waals surface area contributed by atoms with Gasteiger partial charge in [0.15, 0.2) is 5.69 Å². The number of hydrogen-bond acceptors (Lipinski definition) is 2. The second-order valence-electron chi connectivity index (χ2n) is 4.35. The van der Waals surface area contributed by atoms with E-state index in [4.69, 9.17) is 5.11 Å². The van der Waals surface area contributed by atoms with Gasteiger partial charge in [-0.25, -0.2) is 4.79 Å². The van der Waals surface area contributed by atoms with E-state index in [1.54, 1.807) is 10.7 Å². The lowest BCUT2D eigenvalue weighted by Gasteiger charge is -2.08. The van der Waals surface area contributed by atoms with Gasteiger partial charge in [0, 0.05) is 12.1 Å². The Bertz CT molecular complexity index is 600. The molecule has 1 aromatic carbocycles. The first-order chi connectivity index (χ1) is 8.52. The number of benzene rings is 1. The zero-order valence-electron chi connectivity index (χ0n) is 10.8. The summed E-state index contributed by atoms with van der Waals surface area (Å²) in [7, 11) is 0. The van der Waals surface area contributed by atoms with Crippen LogP contribution >= 0.6 is 0 Å².